The fraction of sp³-hybridized carbons (Fsp3) is 0.273. The van der Waals surface area contributed by atoms with Gasteiger partial charge in [-0.2, -0.15) is 0 Å². The highest BCUT2D eigenvalue weighted by Gasteiger charge is 2.06. The molecule has 0 amide bonds. The summed E-state index contributed by atoms with van der Waals surface area (Å²) in [4.78, 5) is 1.24. The maximum atomic E-state index is 9.63. The first-order chi connectivity index (χ1) is 6.70. The predicted octanol–water partition coefficient (Wildman–Crippen LogP) is 3.31. The molecular weight excluding hydrogens is 196 g/mol. The van der Waals surface area contributed by atoms with E-state index < -0.39 is 0 Å². The lowest BCUT2D eigenvalue weighted by Gasteiger charge is -2.04. The highest BCUT2D eigenvalue weighted by atomic mass is 32.1. The van der Waals surface area contributed by atoms with Crippen molar-refractivity contribution in [2.75, 3.05) is 6.61 Å². The molecule has 74 valence electrons. The lowest BCUT2D eigenvalue weighted by Crippen LogP contribution is -1.90. The number of aromatic hydroxyl groups is 1. The fourth-order valence-corrected chi connectivity index (χ4v) is 2.39. The molecule has 2 rings (SSSR count). The lowest BCUT2D eigenvalue weighted by molar-refractivity contribution is 0.319. The monoisotopic (exact) mass is 208 g/mol. The van der Waals surface area contributed by atoms with Crippen LogP contribution < -0.4 is 4.74 Å². The molecule has 0 saturated heterocycles. The van der Waals surface area contributed by atoms with E-state index in [0.717, 1.165) is 10.1 Å². The standard InChI is InChI=1S/C11H12O2S/c1-3-13-10-6-11-8(5-9(10)12)4-7(2)14-11/h4-6,12H,3H2,1-2H3. The van der Waals surface area contributed by atoms with Gasteiger partial charge >= 0.3 is 0 Å². The molecule has 2 nitrogen and oxygen atoms in total. The molecule has 0 aliphatic heterocycles. The fourth-order valence-electron chi connectivity index (χ4n) is 1.46. The maximum Gasteiger partial charge on any atom is 0.162 e. The van der Waals surface area contributed by atoms with E-state index in [2.05, 4.69) is 13.0 Å². The maximum absolute atomic E-state index is 9.63. The van der Waals surface area contributed by atoms with Gasteiger partial charge in [0.1, 0.15) is 0 Å². The minimum Gasteiger partial charge on any atom is -0.504 e. The summed E-state index contributed by atoms with van der Waals surface area (Å²) in [5, 5.41) is 10.7. The molecule has 0 unspecified atom stereocenters. The van der Waals surface area contributed by atoms with Crippen molar-refractivity contribution in [3.63, 3.8) is 0 Å². The number of hydrogen-bond acceptors (Lipinski definition) is 3. The van der Waals surface area contributed by atoms with E-state index in [1.807, 2.05) is 13.0 Å². The number of hydrogen-bond donors (Lipinski definition) is 1. The second kappa shape index (κ2) is 3.50. The van der Waals surface area contributed by atoms with Crippen LogP contribution in [0.5, 0.6) is 11.5 Å². The summed E-state index contributed by atoms with van der Waals surface area (Å²) >= 11 is 1.71. The minimum absolute atomic E-state index is 0.220. The highest BCUT2D eigenvalue weighted by molar-refractivity contribution is 7.19. The van der Waals surface area contributed by atoms with E-state index in [1.54, 1.807) is 17.4 Å². The van der Waals surface area contributed by atoms with Crippen molar-refractivity contribution >= 4 is 21.4 Å². The van der Waals surface area contributed by atoms with Crippen LogP contribution >= 0.6 is 11.3 Å². The van der Waals surface area contributed by atoms with Crippen LogP contribution in [0.1, 0.15) is 11.8 Å². The third-order valence-corrected chi connectivity index (χ3v) is 3.03. The van der Waals surface area contributed by atoms with Crippen LogP contribution in [-0.2, 0) is 0 Å². The number of benzene rings is 1. The quantitative estimate of drug-likeness (QED) is 0.820. The second-order valence-corrected chi connectivity index (χ2v) is 4.44. The first-order valence-corrected chi connectivity index (χ1v) is 5.38. The first kappa shape index (κ1) is 9.34. The molecule has 0 aliphatic carbocycles. The Labute approximate surface area is 86.8 Å². The largest absolute Gasteiger partial charge is 0.504 e. The summed E-state index contributed by atoms with van der Waals surface area (Å²) < 4.78 is 6.47. The SMILES string of the molecule is CCOc1cc2sc(C)cc2cc1O. The Morgan fingerprint density at radius 2 is 2.14 bits per heavy atom. The molecule has 0 aliphatic rings. The van der Waals surface area contributed by atoms with E-state index in [4.69, 9.17) is 4.74 Å². The molecule has 0 spiro atoms. The van der Waals surface area contributed by atoms with Gasteiger partial charge in [0.2, 0.25) is 0 Å². The molecule has 0 fully saturated rings. The molecule has 1 N–H and O–H groups in total. The van der Waals surface area contributed by atoms with Crippen molar-refractivity contribution in [2.24, 2.45) is 0 Å². The molecule has 2 aromatic rings. The molecule has 1 heterocycles. The molecule has 0 saturated carbocycles. The van der Waals surface area contributed by atoms with Crippen molar-refractivity contribution in [1.29, 1.82) is 0 Å². The molecule has 1 aromatic carbocycles. The van der Waals surface area contributed by atoms with Gasteiger partial charge < -0.3 is 9.84 Å². The van der Waals surface area contributed by atoms with E-state index in [9.17, 15) is 5.11 Å². The summed E-state index contributed by atoms with van der Waals surface area (Å²) in [7, 11) is 0. The van der Waals surface area contributed by atoms with Gasteiger partial charge in [-0.25, -0.2) is 0 Å². The molecule has 0 atom stereocenters. The van der Waals surface area contributed by atoms with Crippen LogP contribution in [-0.4, -0.2) is 11.7 Å². The Bertz CT molecular complexity index is 460. The third-order valence-electron chi connectivity index (χ3n) is 2.02. The number of rotatable bonds is 2. The van der Waals surface area contributed by atoms with Crippen molar-refractivity contribution < 1.29 is 9.84 Å². The molecular formula is C11H12O2S. The van der Waals surface area contributed by atoms with Gasteiger partial charge in [0.05, 0.1) is 6.61 Å². The second-order valence-electron chi connectivity index (χ2n) is 3.15. The number of phenols is 1. The summed E-state index contributed by atoms with van der Waals surface area (Å²) in [5.74, 6) is 0.791. The summed E-state index contributed by atoms with van der Waals surface area (Å²) in [6.45, 7) is 4.54. The van der Waals surface area contributed by atoms with E-state index in [1.165, 1.54) is 4.88 Å². The van der Waals surface area contributed by atoms with Crippen LogP contribution in [0.2, 0.25) is 0 Å². The molecule has 3 heteroatoms. The Morgan fingerprint density at radius 1 is 1.36 bits per heavy atom. The normalized spacial score (nSPS) is 10.7. The number of phenolic OH excluding ortho intramolecular Hbond substituents is 1. The van der Waals surface area contributed by atoms with E-state index >= 15 is 0 Å². The van der Waals surface area contributed by atoms with Crippen LogP contribution in [0.3, 0.4) is 0 Å². The number of ether oxygens (including phenoxy) is 1. The van der Waals surface area contributed by atoms with Gasteiger partial charge in [-0.15, -0.1) is 11.3 Å². The van der Waals surface area contributed by atoms with Crippen molar-refractivity contribution in [2.45, 2.75) is 13.8 Å². The van der Waals surface area contributed by atoms with E-state index in [0.29, 0.717) is 12.4 Å². The van der Waals surface area contributed by atoms with Gasteiger partial charge in [-0.3, -0.25) is 0 Å². The molecule has 14 heavy (non-hydrogen) atoms. The van der Waals surface area contributed by atoms with Crippen molar-refractivity contribution in [1.82, 2.24) is 0 Å². The third kappa shape index (κ3) is 1.55. The van der Waals surface area contributed by atoms with Crippen LogP contribution in [0, 0.1) is 6.92 Å². The summed E-state index contributed by atoms with van der Waals surface area (Å²) in [6.07, 6.45) is 0. The Hall–Kier alpha value is -1.22. The Morgan fingerprint density at radius 3 is 2.86 bits per heavy atom. The zero-order valence-electron chi connectivity index (χ0n) is 8.20. The molecule has 0 bridgehead atoms. The van der Waals surface area contributed by atoms with E-state index in [-0.39, 0.29) is 5.75 Å². The van der Waals surface area contributed by atoms with Crippen molar-refractivity contribution in [3.05, 3.63) is 23.1 Å². The van der Waals surface area contributed by atoms with Gasteiger partial charge in [-0.1, -0.05) is 0 Å². The van der Waals surface area contributed by atoms with Gasteiger partial charge in [0.15, 0.2) is 11.5 Å². The van der Waals surface area contributed by atoms with Crippen LogP contribution in [0.25, 0.3) is 10.1 Å². The average molecular weight is 208 g/mol. The topological polar surface area (TPSA) is 29.5 Å². The summed E-state index contributed by atoms with van der Waals surface area (Å²) in [5.41, 5.74) is 0. The summed E-state index contributed by atoms with van der Waals surface area (Å²) in [6, 6.07) is 5.71. The highest BCUT2D eigenvalue weighted by Crippen LogP contribution is 2.35. The Kier molecular flexibility index (Phi) is 2.33. The smallest absolute Gasteiger partial charge is 0.162 e. The predicted molar refractivity (Wildman–Crippen MR) is 59.4 cm³/mol. The Balaban J connectivity index is 2.58. The average Bonchev–Trinajstić information content (AvgIpc) is 2.45. The van der Waals surface area contributed by atoms with Gasteiger partial charge in [0, 0.05) is 15.6 Å². The lowest BCUT2D eigenvalue weighted by atomic mass is 10.2. The zero-order chi connectivity index (χ0) is 10.1. The number of thiophene rings is 1. The molecule has 1 aromatic heterocycles. The van der Waals surface area contributed by atoms with Crippen LogP contribution in [0.4, 0.5) is 0 Å². The van der Waals surface area contributed by atoms with Gasteiger partial charge in [0.25, 0.3) is 0 Å². The molecule has 0 radical (unpaired) electrons. The first-order valence-electron chi connectivity index (χ1n) is 4.56. The van der Waals surface area contributed by atoms with Gasteiger partial charge in [-0.05, 0) is 31.4 Å². The minimum atomic E-state index is 0.220. The number of aryl methyl sites for hydroxylation is 1. The van der Waals surface area contributed by atoms with Crippen LogP contribution in [0.15, 0.2) is 18.2 Å². The zero-order valence-corrected chi connectivity index (χ0v) is 9.02. The number of fused-ring (bicyclic) bond motifs is 1. The van der Waals surface area contributed by atoms with Crippen molar-refractivity contribution in [3.8, 4) is 11.5 Å².